The second-order valence-electron chi connectivity index (χ2n) is 4.10. The summed E-state index contributed by atoms with van der Waals surface area (Å²) in [4.78, 5) is 14.5. The predicted molar refractivity (Wildman–Crippen MR) is 77.7 cm³/mol. The Hall–Kier alpha value is -1.87. The minimum atomic E-state index is -0.0772. The summed E-state index contributed by atoms with van der Waals surface area (Å²) >= 11 is 3.41. The van der Waals surface area contributed by atoms with Gasteiger partial charge in [0.1, 0.15) is 0 Å². The number of fused-ring (bicyclic) bond motifs is 1. The van der Waals surface area contributed by atoms with E-state index in [4.69, 9.17) is 0 Å². The number of halogens is 1. The van der Waals surface area contributed by atoms with E-state index in [0.717, 1.165) is 26.5 Å². The Kier molecular flexibility index (Phi) is 2.76. The zero-order chi connectivity index (χ0) is 12.5. The molecular weight excluding hydrogens is 290 g/mol. The van der Waals surface area contributed by atoms with Crippen LogP contribution in [0.25, 0.3) is 22.0 Å². The van der Waals surface area contributed by atoms with Crippen LogP contribution in [-0.2, 0) is 0 Å². The fourth-order valence-corrected chi connectivity index (χ4v) is 2.34. The zero-order valence-electron chi connectivity index (χ0n) is 9.48. The molecule has 1 heterocycles. The standard InChI is InChI=1S/C15H10BrNO/c16-11-7-5-10(6-8-11)13-9-15(18)17-14-4-2-1-3-12(13)14/h1-9H,(H,17,18). The molecule has 0 saturated heterocycles. The van der Waals surface area contributed by atoms with Crippen molar-refractivity contribution in [2.24, 2.45) is 0 Å². The van der Waals surface area contributed by atoms with Crippen LogP contribution in [0.15, 0.2) is 63.9 Å². The molecule has 0 aliphatic carbocycles. The van der Waals surface area contributed by atoms with Crippen LogP contribution in [0.2, 0.25) is 0 Å². The highest BCUT2D eigenvalue weighted by Crippen LogP contribution is 2.27. The van der Waals surface area contributed by atoms with Crippen LogP contribution in [0.5, 0.6) is 0 Å². The van der Waals surface area contributed by atoms with Crippen LogP contribution in [0.1, 0.15) is 0 Å². The van der Waals surface area contributed by atoms with Gasteiger partial charge in [0.15, 0.2) is 0 Å². The molecule has 0 spiro atoms. The summed E-state index contributed by atoms with van der Waals surface area (Å²) in [5.74, 6) is 0. The first-order valence-corrected chi connectivity index (χ1v) is 6.41. The summed E-state index contributed by atoms with van der Waals surface area (Å²) in [6, 6.07) is 17.4. The normalized spacial score (nSPS) is 10.7. The molecule has 2 aromatic carbocycles. The predicted octanol–water partition coefficient (Wildman–Crippen LogP) is 3.96. The number of nitrogens with one attached hydrogen (secondary N) is 1. The Balaban J connectivity index is 2.34. The van der Waals surface area contributed by atoms with E-state index in [1.807, 2.05) is 48.5 Å². The van der Waals surface area contributed by atoms with Gasteiger partial charge in [-0.3, -0.25) is 4.79 Å². The van der Waals surface area contributed by atoms with Gasteiger partial charge in [-0.05, 0) is 29.3 Å². The van der Waals surface area contributed by atoms with Gasteiger partial charge in [0, 0.05) is 21.4 Å². The van der Waals surface area contributed by atoms with Crippen molar-refractivity contribution in [2.75, 3.05) is 0 Å². The second kappa shape index (κ2) is 4.42. The highest BCUT2D eigenvalue weighted by molar-refractivity contribution is 9.10. The SMILES string of the molecule is O=c1cc(-c2ccc(Br)cc2)c2ccccc2[nH]1. The topological polar surface area (TPSA) is 32.9 Å². The zero-order valence-corrected chi connectivity index (χ0v) is 11.1. The van der Waals surface area contributed by atoms with Gasteiger partial charge in [0.25, 0.3) is 0 Å². The van der Waals surface area contributed by atoms with Crippen LogP contribution >= 0.6 is 15.9 Å². The molecule has 1 N–H and O–H groups in total. The highest BCUT2D eigenvalue weighted by Gasteiger charge is 2.05. The lowest BCUT2D eigenvalue weighted by Gasteiger charge is -2.06. The maximum atomic E-state index is 11.7. The van der Waals surface area contributed by atoms with Crippen LogP contribution < -0.4 is 5.56 Å². The van der Waals surface area contributed by atoms with Crippen LogP contribution in [0.3, 0.4) is 0 Å². The van der Waals surface area contributed by atoms with Crippen molar-refractivity contribution in [3.63, 3.8) is 0 Å². The minimum Gasteiger partial charge on any atom is -0.322 e. The molecule has 0 radical (unpaired) electrons. The van der Waals surface area contributed by atoms with E-state index in [2.05, 4.69) is 20.9 Å². The largest absolute Gasteiger partial charge is 0.322 e. The van der Waals surface area contributed by atoms with E-state index in [-0.39, 0.29) is 5.56 Å². The van der Waals surface area contributed by atoms with E-state index in [9.17, 15) is 4.79 Å². The van der Waals surface area contributed by atoms with Gasteiger partial charge in [-0.1, -0.05) is 46.3 Å². The van der Waals surface area contributed by atoms with Crippen molar-refractivity contribution in [3.8, 4) is 11.1 Å². The van der Waals surface area contributed by atoms with E-state index in [1.54, 1.807) is 6.07 Å². The van der Waals surface area contributed by atoms with E-state index < -0.39 is 0 Å². The Morgan fingerprint density at radius 1 is 0.944 bits per heavy atom. The molecule has 3 heteroatoms. The smallest absolute Gasteiger partial charge is 0.249 e. The summed E-state index contributed by atoms with van der Waals surface area (Å²) in [5.41, 5.74) is 2.79. The molecule has 0 unspecified atom stereocenters. The van der Waals surface area contributed by atoms with Gasteiger partial charge in [-0.2, -0.15) is 0 Å². The summed E-state index contributed by atoms with van der Waals surface area (Å²) in [6.07, 6.45) is 0. The summed E-state index contributed by atoms with van der Waals surface area (Å²) in [7, 11) is 0. The third-order valence-electron chi connectivity index (χ3n) is 2.91. The lowest BCUT2D eigenvalue weighted by atomic mass is 10.0. The molecule has 0 saturated carbocycles. The number of benzene rings is 2. The van der Waals surface area contributed by atoms with Gasteiger partial charge in [-0.25, -0.2) is 0 Å². The minimum absolute atomic E-state index is 0.0772. The third-order valence-corrected chi connectivity index (χ3v) is 3.43. The Labute approximate surface area is 112 Å². The Morgan fingerprint density at radius 2 is 1.67 bits per heavy atom. The molecule has 3 aromatic rings. The van der Waals surface area contributed by atoms with Gasteiger partial charge in [0.05, 0.1) is 0 Å². The Morgan fingerprint density at radius 3 is 2.44 bits per heavy atom. The highest BCUT2D eigenvalue weighted by atomic mass is 79.9. The van der Waals surface area contributed by atoms with Crippen molar-refractivity contribution in [1.82, 2.24) is 4.98 Å². The monoisotopic (exact) mass is 299 g/mol. The number of hydrogen-bond acceptors (Lipinski definition) is 1. The molecule has 1 aromatic heterocycles. The van der Waals surface area contributed by atoms with E-state index in [0.29, 0.717) is 0 Å². The molecule has 0 aliphatic rings. The molecule has 0 atom stereocenters. The van der Waals surface area contributed by atoms with Crippen molar-refractivity contribution >= 4 is 26.8 Å². The van der Waals surface area contributed by atoms with Crippen LogP contribution in [-0.4, -0.2) is 4.98 Å². The lowest BCUT2D eigenvalue weighted by Crippen LogP contribution is -2.04. The van der Waals surface area contributed by atoms with Crippen molar-refractivity contribution < 1.29 is 0 Å². The van der Waals surface area contributed by atoms with Crippen LogP contribution in [0.4, 0.5) is 0 Å². The van der Waals surface area contributed by atoms with Crippen molar-refractivity contribution in [1.29, 1.82) is 0 Å². The average Bonchev–Trinajstić information content (AvgIpc) is 2.38. The fraction of sp³-hybridized carbons (Fsp3) is 0. The van der Waals surface area contributed by atoms with Gasteiger partial charge in [-0.15, -0.1) is 0 Å². The van der Waals surface area contributed by atoms with Crippen molar-refractivity contribution in [3.05, 3.63) is 69.4 Å². The summed E-state index contributed by atoms with van der Waals surface area (Å²) in [6.45, 7) is 0. The quantitative estimate of drug-likeness (QED) is 0.725. The molecule has 2 nitrogen and oxygen atoms in total. The van der Waals surface area contributed by atoms with E-state index in [1.165, 1.54) is 0 Å². The number of para-hydroxylation sites is 1. The first kappa shape index (κ1) is 11.2. The molecule has 0 amide bonds. The van der Waals surface area contributed by atoms with Gasteiger partial charge in [0.2, 0.25) is 5.56 Å². The van der Waals surface area contributed by atoms with Gasteiger partial charge >= 0.3 is 0 Å². The van der Waals surface area contributed by atoms with E-state index >= 15 is 0 Å². The first-order chi connectivity index (χ1) is 8.74. The Bertz CT molecular complexity index is 759. The number of aromatic nitrogens is 1. The van der Waals surface area contributed by atoms with Gasteiger partial charge < -0.3 is 4.98 Å². The fourth-order valence-electron chi connectivity index (χ4n) is 2.07. The number of pyridine rings is 1. The third kappa shape index (κ3) is 1.97. The summed E-state index contributed by atoms with van der Waals surface area (Å²) in [5, 5.41) is 1.06. The van der Waals surface area contributed by atoms with Crippen LogP contribution in [0, 0.1) is 0 Å². The average molecular weight is 300 g/mol. The molecule has 0 aliphatic heterocycles. The lowest BCUT2D eigenvalue weighted by molar-refractivity contribution is 1.31. The maximum Gasteiger partial charge on any atom is 0.249 e. The summed E-state index contributed by atoms with van der Waals surface area (Å²) < 4.78 is 1.03. The number of H-pyrrole nitrogens is 1. The molecular formula is C15H10BrNO. The molecule has 88 valence electrons. The number of hydrogen-bond donors (Lipinski definition) is 1. The maximum absolute atomic E-state index is 11.7. The van der Waals surface area contributed by atoms with Crippen molar-refractivity contribution in [2.45, 2.75) is 0 Å². The number of aromatic amines is 1. The molecule has 0 fully saturated rings. The number of rotatable bonds is 1. The molecule has 0 bridgehead atoms. The molecule has 18 heavy (non-hydrogen) atoms. The second-order valence-corrected chi connectivity index (χ2v) is 5.02. The molecule has 3 rings (SSSR count). The first-order valence-electron chi connectivity index (χ1n) is 5.62.